The number of thioether (sulfide) groups is 1. The quantitative estimate of drug-likeness (QED) is 0.0737. The Kier molecular flexibility index (Phi) is 15.0. The summed E-state index contributed by atoms with van der Waals surface area (Å²) in [6.45, 7) is 8.63. The molecule has 18 heteroatoms. The summed E-state index contributed by atoms with van der Waals surface area (Å²) in [5.41, 5.74) is -3.39. The van der Waals surface area contributed by atoms with Crippen molar-refractivity contribution in [1.82, 2.24) is 5.32 Å². The second-order valence-electron chi connectivity index (χ2n) is 20.4. The van der Waals surface area contributed by atoms with E-state index in [-0.39, 0.29) is 43.5 Å². The monoisotopic (exact) mass is 1030 g/mol. The first-order valence-electron chi connectivity index (χ1n) is 24.4. The van der Waals surface area contributed by atoms with E-state index in [0.29, 0.717) is 62.8 Å². The summed E-state index contributed by atoms with van der Waals surface area (Å²) >= 11 is 1.29. The highest BCUT2D eigenvalue weighted by atomic mass is 32.2. The van der Waals surface area contributed by atoms with Crippen LogP contribution in [0.25, 0.3) is 11.1 Å². The van der Waals surface area contributed by atoms with Gasteiger partial charge < -0.3 is 53.4 Å². The predicted octanol–water partition coefficient (Wildman–Crippen LogP) is 5.92. The Morgan fingerprint density at radius 1 is 0.904 bits per heavy atom. The molecular formula is C55H65NO16S. The van der Waals surface area contributed by atoms with E-state index in [1.165, 1.54) is 53.0 Å². The van der Waals surface area contributed by atoms with Crippen LogP contribution in [-0.2, 0) is 60.7 Å². The number of carbonyl (C=O) groups excluding carboxylic acids is 5. The number of aliphatic hydroxyl groups is 2. The second-order valence-corrected chi connectivity index (χ2v) is 21.2. The van der Waals surface area contributed by atoms with Crippen LogP contribution >= 0.6 is 11.8 Å². The Labute approximate surface area is 428 Å². The van der Waals surface area contributed by atoms with Gasteiger partial charge in [-0.2, -0.15) is 0 Å². The Morgan fingerprint density at radius 2 is 1.62 bits per heavy atom. The molecule has 1 heterocycles. The SMILES string of the molecule is COc1cc2c(c(OC)c1OC)-c1ccc(SC)c(=O)cc1[C@@H](NC(=O)CCC(=O)O[C@H]1C[C@@]3(O)C(OCc4ccccc4)C4[C@](C)(C(=O)[C@H](OC(C)=O)C(=C1C)C3(C)C)[C@@H](O)C[C@H]1OC[C@@]41OC(C)=O)CC2. The van der Waals surface area contributed by atoms with Crippen molar-refractivity contribution in [1.29, 1.82) is 0 Å². The maximum absolute atomic E-state index is 15.6. The maximum Gasteiger partial charge on any atom is 0.306 e. The van der Waals surface area contributed by atoms with E-state index >= 15 is 4.79 Å². The molecule has 2 unspecified atom stereocenters. The van der Waals surface area contributed by atoms with Gasteiger partial charge in [-0.25, -0.2) is 0 Å². The minimum absolute atomic E-state index is 0.0893. The molecule has 1 saturated heterocycles. The summed E-state index contributed by atoms with van der Waals surface area (Å²) in [6.07, 6.45) is -5.29. The number of methoxy groups -OCH3 is 3. The third kappa shape index (κ3) is 9.10. The average Bonchev–Trinajstić information content (AvgIpc) is 3.59. The Hall–Kier alpha value is -5.79. The van der Waals surface area contributed by atoms with Gasteiger partial charge in [-0.3, -0.25) is 28.8 Å². The molecule has 0 radical (unpaired) electrons. The first-order valence-corrected chi connectivity index (χ1v) is 25.7. The van der Waals surface area contributed by atoms with Crippen LogP contribution in [0.15, 0.2) is 75.4 Å². The molecule has 1 amide bonds. The third-order valence-corrected chi connectivity index (χ3v) is 16.9. The standard InChI is InChI=1S/C55H65NO16S/c1-28-38(71-43(62)21-20-42(61)56-35-18-16-32-22-37(65-7)46(66-8)47(67-9)44(32)33-17-19-39(73-10)36(59)23-34(33)35)25-55(64)51(68-26-31-14-12-11-13-15-31)49-53(6,40(60)24-41-54(49,27-69-41)72-30(3)58)50(63)48(70-29(2)57)45(28)52(55,4)5/h11-15,17,19,22-23,35,38,40-41,48-49,51,60,64H,16,18,20-21,24-27H2,1-10H3,(H,56,61)/t35-,38-,40-,41+,48+,49?,51?,53+,54-,55+/m0/s1. The second kappa shape index (κ2) is 20.5. The summed E-state index contributed by atoms with van der Waals surface area (Å²) in [5, 5.41) is 29.0. The first kappa shape index (κ1) is 53.5. The van der Waals surface area contributed by atoms with Crippen LogP contribution in [0.2, 0.25) is 0 Å². The molecular weight excluding hydrogens is 963 g/mol. The van der Waals surface area contributed by atoms with Crippen molar-refractivity contribution in [3.63, 3.8) is 0 Å². The van der Waals surface area contributed by atoms with Crippen molar-refractivity contribution in [2.45, 2.75) is 139 Å². The topological polar surface area (TPSA) is 229 Å². The van der Waals surface area contributed by atoms with Crippen LogP contribution in [0, 0.1) is 16.7 Å². The summed E-state index contributed by atoms with van der Waals surface area (Å²) in [6, 6.07) is 15.4. The number of aryl methyl sites for hydroxylation is 1. The van der Waals surface area contributed by atoms with Crippen molar-refractivity contribution >= 4 is 41.4 Å². The van der Waals surface area contributed by atoms with Gasteiger partial charge >= 0.3 is 17.9 Å². The molecule has 4 aliphatic carbocycles. The van der Waals surface area contributed by atoms with Crippen LogP contribution in [0.5, 0.6) is 17.2 Å². The zero-order valence-corrected chi connectivity index (χ0v) is 43.7. The number of esters is 3. The molecule has 5 aliphatic rings. The van der Waals surface area contributed by atoms with Crippen molar-refractivity contribution in [2.75, 3.05) is 34.2 Å². The van der Waals surface area contributed by atoms with Crippen molar-refractivity contribution in [2.24, 2.45) is 16.7 Å². The van der Waals surface area contributed by atoms with Crippen molar-refractivity contribution < 1.29 is 72.1 Å². The largest absolute Gasteiger partial charge is 0.493 e. The number of amides is 1. The molecule has 8 rings (SSSR count). The molecule has 73 heavy (non-hydrogen) atoms. The van der Waals surface area contributed by atoms with Crippen LogP contribution in [0.4, 0.5) is 0 Å². The summed E-state index contributed by atoms with van der Waals surface area (Å²) in [5.74, 6) is -3.63. The van der Waals surface area contributed by atoms with Gasteiger partial charge in [0.2, 0.25) is 11.7 Å². The van der Waals surface area contributed by atoms with Crippen molar-refractivity contribution in [3.8, 4) is 28.4 Å². The Balaban J connectivity index is 1.13. The molecule has 1 aliphatic heterocycles. The lowest BCUT2D eigenvalue weighted by molar-refractivity contribution is -0.351. The zero-order valence-electron chi connectivity index (χ0n) is 42.9. The minimum atomic E-state index is -2.11. The number of ketones is 1. The van der Waals surface area contributed by atoms with Crippen LogP contribution in [0.1, 0.15) is 96.4 Å². The van der Waals surface area contributed by atoms with E-state index in [4.69, 9.17) is 37.9 Å². The molecule has 3 aromatic rings. The molecule has 2 saturated carbocycles. The lowest BCUT2D eigenvalue weighted by Gasteiger charge is -2.67. The number of aliphatic hydroxyl groups excluding tert-OH is 1. The summed E-state index contributed by atoms with van der Waals surface area (Å²) in [4.78, 5) is 84.0. The van der Waals surface area contributed by atoms with E-state index < -0.39 is 101 Å². The van der Waals surface area contributed by atoms with E-state index in [0.717, 1.165) is 12.5 Å². The average molecular weight is 1030 g/mol. The number of hydrogen-bond acceptors (Lipinski definition) is 17. The van der Waals surface area contributed by atoms with E-state index in [2.05, 4.69) is 5.32 Å². The van der Waals surface area contributed by atoms with Gasteiger partial charge in [0.25, 0.3) is 0 Å². The summed E-state index contributed by atoms with van der Waals surface area (Å²) < 4.78 is 48.5. The smallest absolute Gasteiger partial charge is 0.306 e. The molecule has 3 N–H and O–H groups in total. The van der Waals surface area contributed by atoms with Crippen LogP contribution in [-0.4, -0.2) is 116 Å². The highest BCUT2D eigenvalue weighted by Crippen LogP contribution is 2.64. The lowest BCUT2D eigenvalue weighted by Crippen LogP contribution is -2.81. The Bertz CT molecular complexity index is 2800. The number of Topliss-reactive ketones (excluding diaryl/α,β-unsaturated/α-hetero) is 1. The first-order chi connectivity index (χ1) is 34.6. The number of ether oxygens (including phenoxy) is 8. The molecule has 2 bridgehead atoms. The van der Waals surface area contributed by atoms with Gasteiger partial charge in [0.15, 0.2) is 34.4 Å². The van der Waals surface area contributed by atoms with E-state index in [1.54, 1.807) is 33.1 Å². The lowest BCUT2D eigenvalue weighted by atomic mass is 9.44. The highest BCUT2D eigenvalue weighted by Gasteiger charge is 2.77. The fourth-order valence-corrected chi connectivity index (χ4v) is 12.9. The molecule has 0 spiro atoms. The van der Waals surface area contributed by atoms with Crippen molar-refractivity contribution in [3.05, 3.63) is 92.7 Å². The molecule has 3 aromatic carbocycles. The van der Waals surface area contributed by atoms with E-state index in [9.17, 15) is 34.2 Å². The fraction of sp³-hybridized carbons (Fsp3) is 0.527. The number of carbonyl (C=O) groups is 5. The Morgan fingerprint density at radius 3 is 2.23 bits per heavy atom. The van der Waals surface area contributed by atoms with Gasteiger partial charge in [-0.15, -0.1) is 11.8 Å². The number of benzene rings is 2. The van der Waals surface area contributed by atoms with Gasteiger partial charge in [-0.1, -0.05) is 50.2 Å². The minimum Gasteiger partial charge on any atom is -0.493 e. The normalized spacial score (nSPS) is 29.7. The summed E-state index contributed by atoms with van der Waals surface area (Å²) in [7, 11) is 4.55. The van der Waals surface area contributed by atoms with Crippen LogP contribution < -0.4 is 25.0 Å². The predicted molar refractivity (Wildman–Crippen MR) is 266 cm³/mol. The number of hydrogen-bond donors (Lipinski definition) is 3. The van der Waals surface area contributed by atoms with Gasteiger partial charge in [0.05, 0.1) is 69.5 Å². The van der Waals surface area contributed by atoms with Gasteiger partial charge in [0.1, 0.15) is 17.8 Å². The molecule has 17 nitrogen and oxygen atoms in total. The molecule has 10 atom stereocenters. The third-order valence-electron chi connectivity index (χ3n) is 16.1. The fourth-order valence-electron chi connectivity index (χ4n) is 12.4. The molecule has 392 valence electrons. The maximum atomic E-state index is 15.6. The van der Waals surface area contributed by atoms with Gasteiger partial charge in [0, 0.05) is 50.0 Å². The number of fused-ring (bicyclic) bond motifs is 8. The number of rotatable bonds is 14. The zero-order chi connectivity index (χ0) is 52.9. The number of nitrogens with one attached hydrogen (secondary N) is 1. The van der Waals surface area contributed by atoms with E-state index in [1.807, 2.05) is 42.5 Å². The van der Waals surface area contributed by atoms with Gasteiger partial charge in [-0.05, 0) is 84.5 Å². The molecule has 0 aromatic heterocycles. The molecule has 3 fully saturated rings. The highest BCUT2D eigenvalue weighted by molar-refractivity contribution is 7.98. The van der Waals surface area contributed by atoms with Crippen LogP contribution in [0.3, 0.4) is 0 Å².